The molecule has 0 aliphatic rings. The van der Waals surface area contributed by atoms with Gasteiger partial charge in [0.25, 0.3) is 0 Å². The number of aliphatic hydroxyl groups excluding tert-OH is 4. The molecule has 2 unspecified atom stereocenters. The molecule has 0 heterocycles. The predicted molar refractivity (Wildman–Crippen MR) is 35.6 cm³/mol. The lowest BCUT2D eigenvalue weighted by Gasteiger charge is -2.08. The van der Waals surface area contributed by atoms with Gasteiger partial charge >= 0.3 is 0 Å². The molecule has 0 rings (SSSR count). The first-order chi connectivity index (χ1) is 4.46. The molecule has 0 aromatic carbocycles. The van der Waals surface area contributed by atoms with Crippen LogP contribution in [0.5, 0.6) is 0 Å². The zero-order chi connectivity index (χ0) is 8.31. The van der Waals surface area contributed by atoms with Gasteiger partial charge in [-0.3, -0.25) is 0 Å². The summed E-state index contributed by atoms with van der Waals surface area (Å²) in [5.74, 6) is -1.18. The van der Waals surface area contributed by atoms with Crippen molar-refractivity contribution in [3.63, 3.8) is 0 Å². The smallest absolute Gasteiger partial charge is 0.161 e. The van der Waals surface area contributed by atoms with Gasteiger partial charge in [-0.05, 0) is 13.8 Å². The first-order valence-electron chi connectivity index (χ1n) is 2.95. The second-order valence-corrected chi connectivity index (χ2v) is 2.12. The zero-order valence-electron chi connectivity index (χ0n) is 5.94. The van der Waals surface area contributed by atoms with Gasteiger partial charge in [-0.1, -0.05) is 0 Å². The highest BCUT2D eigenvalue weighted by molar-refractivity contribution is 5.05. The van der Waals surface area contributed by atoms with Crippen LogP contribution < -0.4 is 0 Å². The summed E-state index contributed by atoms with van der Waals surface area (Å²) in [6, 6.07) is 0. The molecule has 0 saturated heterocycles. The lowest BCUT2D eigenvalue weighted by molar-refractivity contribution is 0.117. The minimum absolute atomic E-state index is 0.588. The highest BCUT2D eigenvalue weighted by Crippen LogP contribution is 2.06. The minimum atomic E-state index is -1.14. The molecule has 10 heavy (non-hydrogen) atoms. The Hall–Kier alpha value is -0.740. The maximum Gasteiger partial charge on any atom is 0.161 e. The summed E-state index contributed by atoms with van der Waals surface area (Å²) < 4.78 is 0. The predicted octanol–water partition coefficient (Wildman–Crippen LogP) is 0.0756. The summed E-state index contributed by atoms with van der Waals surface area (Å²) in [6.07, 6.45) is -2.29. The third-order valence-corrected chi connectivity index (χ3v) is 1.05. The molecule has 4 heteroatoms. The fourth-order valence-electron chi connectivity index (χ4n) is 0.428. The Morgan fingerprint density at radius 3 is 1.20 bits per heavy atom. The van der Waals surface area contributed by atoms with Crippen molar-refractivity contribution in [2.45, 2.75) is 26.1 Å². The first-order valence-corrected chi connectivity index (χ1v) is 2.95. The largest absolute Gasteiger partial charge is 0.506 e. The number of aliphatic hydroxyl groups is 4. The quantitative estimate of drug-likeness (QED) is 0.418. The Labute approximate surface area is 59.1 Å². The standard InChI is InChI=1S/C6H12O4/c1-3(7)5(9)6(10)4(2)8/h3-4,7-10H,1-2H3/b6-5+. The van der Waals surface area contributed by atoms with E-state index >= 15 is 0 Å². The first kappa shape index (κ1) is 9.26. The van der Waals surface area contributed by atoms with Crippen molar-refractivity contribution in [1.29, 1.82) is 0 Å². The van der Waals surface area contributed by atoms with Crippen LogP contribution in [0.15, 0.2) is 11.5 Å². The molecule has 0 saturated carbocycles. The van der Waals surface area contributed by atoms with Crippen molar-refractivity contribution in [3.8, 4) is 0 Å². The van der Waals surface area contributed by atoms with Gasteiger partial charge in [-0.15, -0.1) is 0 Å². The van der Waals surface area contributed by atoms with E-state index in [1.807, 2.05) is 0 Å². The normalized spacial score (nSPS) is 19.6. The minimum Gasteiger partial charge on any atom is -0.506 e. The van der Waals surface area contributed by atoms with Crippen molar-refractivity contribution in [2.75, 3.05) is 0 Å². The Kier molecular flexibility index (Phi) is 3.18. The molecular formula is C6H12O4. The fourth-order valence-corrected chi connectivity index (χ4v) is 0.428. The average molecular weight is 148 g/mol. The molecule has 2 atom stereocenters. The molecular weight excluding hydrogens is 136 g/mol. The Balaban J connectivity index is 4.34. The van der Waals surface area contributed by atoms with Gasteiger partial charge in [0.15, 0.2) is 11.5 Å². The molecule has 0 aliphatic heterocycles. The van der Waals surface area contributed by atoms with Crippen LogP contribution in [0.3, 0.4) is 0 Å². The third kappa shape index (κ3) is 2.24. The second-order valence-electron chi connectivity index (χ2n) is 2.12. The lowest BCUT2D eigenvalue weighted by Crippen LogP contribution is -2.14. The fraction of sp³-hybridized carbons (Fsp3) is 0.667. The van der Waals surface area contributed by atoms with E-state index in [2.05, 4.69) is 0 Å². The summed E-state index contributed by atoms with van der Waals surface area (Å²) in [4.78, 5) is 0. The molecule has 0 aliphatic carbocycles. The van der Waals surface area contributed by atoms with Crippen LogP contribution in [0, 0.1) is 0 Å². The Morgan fingerprint density at radius 2 is 1.10 bits per heavy atom. The van der Waals surface area contributed by atoms with Gasteiger partial charge < -0.3 is 20.4 Å². The number of rotatable bonds is 2. The van der Waals surface area contributed by atoms with Gasteiger partial charge in [0.05, 0.1) is 0 Å². The molecule has 4 N–H and O–H groups in total. The zero-order valence-corrected chi connectivity index (χ0v) is 5.94. The molecule has 60 valence electrons. The maximum atomic E-state index is 8.78. The van der Waals surface area contributed by atoms with Crippen molar-refractivity contribution in [1.82, 2.24) is 0 Å². The van der Waals surface area contributed by atoms with Crippen LogP contribution in [0.1, 0.15) is 13.8 Å². The highest BCUT2D eigenvalue weighted by atomic mass is 16.4. The van der Waals surface area contributed by atoms with Crippen molar-refractivity contribution < 1.29 is 20.4 Å². The van der Waals surface area contributed by atoms with Crippen LogP contribution >= 0.6 is 0 Å². The summed E-state index contributed by atoms with van der Waals surface area (Å²) in [5, 5.41) is 34.9. The van der Waals surface area contributed by atoms with E-state index < -0.39 is 23.7 Å². The van der Waals surface area contributed by atoms with Crippen LogP contribution in [0.4, 0.5) is 0 Å². The Morgan fingerprint density at radius 1 is 0.900 bits per heavy atom. The Bertz CT molecular complexity index is 121. The third-order valence-electron chi connectivity index (χ3n) is 1.05. The van der Waals surface area contributed by atoms with E-state index in [-0.39, 0.29) is 0 Å². The molecule has 0 aromatic heterocycles. The van der Waals surface area contributed by atoms with Gasteiger partial charge in [-0.2, -0.15) is 0 Å². The molecule has 0 amide bonds. The molecule has 4 nitrogen and oxygen atoms in total. The van der Waals surface area contributed by atoms with E-state index in [4.69, 9.17) is 20.4 Å². The van der Waals surface area contributed by atoms with E-state index in [0.29, 0.717) is 0 Å². The van der Waals surface area contributed by atoms with Crippen LogP contribution in [-0.4, -0.2) is 32.6 Å². The summed E-state index contributed by atoms with van der Waals surface area (Å²) in [5.41, 5.74) is 0. The van der Waals surface area contributed by atoms with Crippen molar-refractivity contribution in [2.24, 2.45) is 0 Å². The van der Waals surface area contributed by atoms with Gasteiger partial charge in [0, 0.05) is 0 Å². The number of hydrogen-bond acceptors (Lipinski definition) is 4. The van der Waals surface area contributed by atoms with Crippen LogP contribution in [0.2, 0.25) is 0 Å². The van der Waals surface area contributed by atoms with Crippen LogP contribution in [0.25, 0.3) is 0 Å². The molecule has 0 bridgehead atoms. The molecule has 0 aromatic rings. The maximum absolute atomic E-state index is 8.78. The topological polar surface area (TPSA) is 80.9 Å². The summed E-state index contributed by atoms with van der Waals surface area (Å²) in [7, 11) is 0. The van der Waals surface area contributed by atoms with Gasteiger partial charge in [0.1, 0.15) is 12.2 Å². The van der Waals surface area contributed by atoms with E-state index in [1.165, 1.54) is 13.8 Å². The monoisotopic (exact) mass is 148 g/mol. The van der Waals surface area contributed by atoms with E-state index in [1.54, 1.807) is 0 Å². The van der Waals surface area contributed by atoms with Crippen molar-refractivity contribution >= 4 is 0 Å². The highest BCUT2D eigenvalue weighted by Gasteiger charge is 2.13. The second kappa shape index (κ2) is 3.43. The van der Waals surface area contributed by atoms with Gasteiger partial charge in [0.2, 0.25) is 0 Å². The summed E-state index contributed by atoms with van der Waals surface area (Å²) >= 11 is 0. The van der Waals surface area contributed by atoms with Gasteiger partial charge in [-0.25, -0.2) is 0 Å². The molecule has 0 spiro atoms. The lowest BCUT2D eigenvalue weighted by atomic mass is 10.2. The SMILES string of the molecule is CC(O)/C(O)=C(\O)C(C)O. The average Bonchev–Trinajstić information content (AvgIpc) is 1.84. The van der Waals surface area contributed by atoms with Crippen LogP contribution in [-0.2, 0) is 0 Å². The van der Waals surface area contributed by atoms with Crippen molar-refractivity contribution in [3.05, 3.63) is 11.5 Å². The van der Waals surface area contributed by atoms with E-state index in [0.717, 1.165) is 0 Å². The summed E-state index contributed by atoms with van der Waals surface area (Å²) in [6.45, 7) is 2.57. The number of hydrogen-bond donors (Lipinski definition) is 4. The molecule has 0 radical (unpaired) electrons. The van der Waals surface area contributed by atoms with E-state index in [9.17, 15) is 0 Å². The molecule has 0 fully saturated rings.